The molecule has 33 heavy (non-hydrogen) atoms. The van der Waals surface area contributed by atoms with Gasteiger partial charge < -0.3 is 10.1 Å². The Labute approximate surface area is 205 Å². The van der Waals surface area contributed by atoms with E-state index < -0.39 is 0 Å². The first-order valence-corrected chi connectivity index (χ1v) is 13.1. The summed E-state index contributed by atoms with van der Waals surface area (Å²) >= 11 is 6.35. The van der Waals surface area contributed by atoms with Gasteiger partial charge in [0.15, 0.2) is 11.9 Å². The Morgan fingerprint density at radius 1 is 0.909 bits per heavy atom. The first kappa shape index (κ1) is 27.2. The van der Waals surface area contributed by atoms with Crippen molar-refractivity contribution in [3.8, 4) is 5.75 Å². The molecule has 1 aromatic carbocycles. The van der Waals surface area contributed by atoms with E-state index in [1.807, 2.05) is 42.1 Å². The molecule has 0 bridgehead atoms. The number of nitrogens with zero attached hydrogens (tertiary/aromatic N) is 1. The molecule has 0 fully saturated rings. The molecular weight excluding hydrogens is 432 g/mol. The average Bonchev–Trinajstić information content (AvgIpc) is 2.81. The molecule has 1 aromatic heterocycles. The largest absolute Gasteiger partial charge is 0.494 e. The summed E-state index contributed by atoms with van der Waals surface area (Å²) in [6, 6.07) is 11.2. The lowest BCUT2D eigenvalue weighted by Crippen LogP contribution is -2.37. The Balaban J connectivity index is 1.56. The van der Waals surface area contributed by atoms with Crippen molar-refractivity contribution >= 4 is 17.5 Å². The highest BCUT2D eigenvalue weighted by Crippen LogP contribution is 2.23. The molecule has 0 saturated heterocycles. The van der Waals surface area contributed by atoms with Crippen LogP contribution in [0.1, 0.15) is 100 Å². The Hall–Kier alpha value is -2.07. The molecule has 0 radical (unpaired) electrons. The lowest BCUT2D eigenvalue weighted by molar-refractivity contribution is -0.679. The van der Waals surface area contributed by atoms with Crippen LogP contribution in [0, 0.1) is 0 Å². The van der Waals surface area contributed by atoms with Crippen LogP contribution in [0.15, 0.2) is 42.6 Å². The van der Waals surface area contributed by atoms with Crippen molar-refractivity contribution in [2.45, 2.75) is 90.5 Å². The third-order valence-electron chi connectivity index (χ3n) is 6.04. The summed E-state index contributed by atoms with van der Waals surface area (Å²) in [7, 11) is 1.96. The number of aromatic nitrogens is 1. The lowest BCUT2D eigenvalue weighted by atomic mass is 10.1. The minimum atomic E-state index is -0.184. The van der Waals surface area contributed by atoms with Crippen LogP contribution in [-0.2, 0) is 13.6 Å². The summed E-state index contributed by atoms with van der Waals surface area (Å²) in [6.07, 6.45) is 17.9. The van der Waals surface area contributed by atoms with Crippen LogP contribution in [0.4, 0.5) is 0 Å². The Kier molecular flexibility index (Phi) is 13.6. The zero-order chi connectivity index (χ0) is 23.7. The van der Waals surface area contributed by atoms with Gasteiger partial charge in [-0.25, -0.2) is 4.57 Å². The first-order valence-electron chi connectivity index (χ1n) is 12.8. The van der Waals surface area contributed by atoms with E-state index in [1.54, 1.807) is 12.1 Å². The van der Waals surface area contributed by atoms with Gasteiger partial charge >= 0.3 is 0 Å². The molecule has 5 heteroatoms. The summed E-state index contributed by atoms with van der Waals surface area (Å²) in [4.78, 5) is 12.5. The number of pyridine rings is 1. The number of halogens is 1. The number of amides is 1. The molecule has 2 aromatic rings. The Morgan fingerprint density at radius 3 is 2.15 bits per heavy atom. The van der Waals surface area contributed by atoms with Crippen molar-refractivity contribution in [2.24, 2.45) is 7.05 Å². The number of hydrogen-bond acceptors (Lipinski definition) is 2. The highest BCUT2D eigenvalue weighted by molar-refractivity contribution is 6.34. The second-order valence-electron chi connectivity index (χ2n) is 8.86. The van der Waals surface area contributed by atoms with E-state index in [-0.39, 0.29) is 5.91 Å². The van der Waals surface area contributed by atoms with Gasteiger partial charge in [-0.05, 0) is 24.6 Å². The molecule has 0 aliphatic rings. The predicted octanol–water partition coefficient (Wildman–Crippen LogP) is 7.17. The molecule has 182 valence electrons. The van der Waals surface area contributed by atoms with Crippen molar-refractivity contribution < 1.29 is 14.1 Å². The first-order chi connectivity index (χ1) is 16.1. The molecule has 1 amide bonds. The van der Waals surface area contributed by atoms with Gasteiger partial charge in [0.05, 0.1) is 17.2 Å². The third kappa shape index (κ3) is 11.1. The number of benzene rings is 1. The van der Waals surface area contributed by atoms with Gasteiger partial charge in [-0.3, -0.25) is 4.79 Å². The standard InChI is InChI=1S/C28H41ClN2O2/c1-3-4-5-6-7-8-9-10-11-12-13-16-21-33-25-18-19-26(27(29)22-25)28(32)30-23-24-17-14-15-20-31(24)2/h14-15,17-20,22H,3-13,16,21,23H2,1-2H3/p+1. The van der Waals surface area contributed by atoms with Crippen LogP contribution in [-0.4, -0.2) is 12.5 Å². The number of carbonyl (C=O) groups is 1. The molecule has 1 heterocycles. The van der Waals surface area contributed by atoms with Crippen LogP contribution >= 0.6 is 11.6 Å². The molecule has 0 aliphatic carbocycles. The number of aryl methyl sites for hydroxylation is 1. The van der Waals surface area contributed by atoms with Crippen molar-refractivity contribution in [2.75, 3.05) is 6.61 Å². The maximum Gasteiger partial charge on any atom is 0.253 e. The van der Waals surface area contributed by atoms with Gasteiger partial charge in [-0.2, -0.15) is 0 Å². The molecule has 2 rings (SSSR count). The van der Waals surface area contributed by atoms with E-state index in [9.17, 15) is 4.79 Å². The second-order valence-corrected chi connectivity index (χ2v) is 9.27. The molecule has 0 saturated carbocycles. The minimum absolute atomic E-state index is 0.184. The van der Waals surface area contributed by atoms with Crippen LogP contribution in [0.3, 0.4) is 0 Å². The van der Waals surface area contributed by atoms with Crippen LogP contribution < -0.4 is 14.6 Å². The van der Waals surface area contributed by atoms with Gasteiger partial charge in [0, 0.05) is 12.1 Å². The van der Waals surface area contributed by atoms with Crippen molar-refractivity contribution in [1.29, 1.82) is 0 Å². The monoisotopic (exact) mass is 473 g/mol. The number of hydrogen-bond donors (Lipinski definition) is 1. The average molecular weight is 474 g/mol. The fraction of sp³-hybridized carbons (Fsp3) is 0.571. The van der Waals surface area contributed by atoms with Gasteiger partial charge in [0.1, 0.15) is 19.3 Å². The minimum Gasteiger partial charge on any atom is -0.494 e. The number of unbranched alkanes of at least 4 members (excludes halogenated alkanes) is 11. The van der Waals surface area contributed by atoms with E-state index in [1.165, 1.54) is 70.6 Å². The predicted molar refractivity (Wildman–Crippen MR) is 137 cm³/mol. The highest BCUT2D eigenvalue weighted by Gasteiger charge is 2.13. The molecule has 0 atom stereocenters. The maximum atomic E-state index is 12.5. The van der Waals surface area contributed by atoms with E-state index >= 15 is 0 Å². The molecule has 0 spiro atoms. The second kappa shape index (κ2) is 16.5. The van der Waals surface area contributed by atoms with Crippen LogP contribution in [0.5, 0.6) is 5.75 Å². The number of carbonyl (C=O) groups excluding carboxylic acids is 1. The zero-order valence-electron chi connectivity index (χ0n) is 20.6. The summed E-state index contributed by atoms with van der Waals surface area (Å²) in [5.41, 5.74) is 1.48. The fourth-order valence-corrected chi connectivity index (χ4v) is 4.17. The summed E-state index contributed by atoms with van der Waals surface area (Å²) in [5.74, 6) is 0.533. The number of nitrogens with one attached hydrogen (secondary N) is 1. The highest BCUT2D eigenvalue weighted by atomic mass is 35.5. The smallest absolute Gasteiger partial charge is 0.253 e. The number of rotatable bonds is 17. The molecule has 1 N–H and O–H groups in total. The maximum absolute atomic E-state index is 12.5. The molecule has 4 nitrogen and oxygen atoms in total. The summed E-state index contributed by atoms with van der Waals surface area (Å²) in [5, 5.41) is 3.34. The molecular formula is C28H42ClN2O2+. The van der Waals surface area contributed by atoms with E-state index in [4.69, 9.17) is 16.3 Å². The topological polar surface area (TPSA) is 42.2 Å². The Bertz CT molecular complexity index is 825. The summed E-state index contributed by atoms with van der Waals surface area (Å²) in [6.45, 7) is 3.40. The van der Waals surface area contributed by atoms with E-state index in [0.29, 0.717) is 29.5 Å². The third-order valence-corrected chi connectivity index (χ3v) is 6.36. The zero-order valence-corrected chi connectivity index (χ0v) is 21.3. The fourth-order valence-electron chi connectivity index (χ4n) is 3.91. The van der Waals surface area contributed by atoms with E-state index in [0.717, 1.165) is 12.1 Å². The normalized spacial score (nSPS) is 10.9. The van der Waals surface area contributed by atoms with Gasteiger partial charge in [-0.15, -0.1) is 0 Å². The number of ether oxygens (including phenoxy) is 1. The van der Waals surface area contributed by atoms with Crippen molar-refractivity contribution in [1.82, 2.24) is 5.32 Å². The molecule has 0 unspecified atom stereocenters. The SMILES string of the molecule is CCCCCCCCCCCCCCOc1ccc(C(=O)NCc2cccc[n+]2C)c(Cl)c1. The van der Waals surface area contributed by atoms with E-state index in [2.05, 4.69) is 12.2 Å². The molecule has 0 aliphatic heterocycles. The van der Waals surface area contributed by atoms with Crippen LogP contribution in [0.2, 0.25) is 5.02 Å². The lowest BCUT2D eigenvalue weighted by Gasteiger charge is -2.10. The van der Waals surface area contributed by atoms with Gasteiger partial charge in [-0.1, -0.05) is 95.2 Å². The van der Waals surface area contributed by atoms with Crippen molar-refractivity contribution in [3.63, 3.8) is 0 Å². The van der Waals surface area contributed by atoms with Gasteiger partial charge in [0.2, 0.25) is 0 Å². The summed E-state index contributed by atoms with van der Waals surface area (Å²) < 4.78 is 7.82. The Morgan fingerprint density at radius 2 is 1.55 bits per heavy atom. The van der Waals surface area contributed by atoms with Crippen LogP contribution in [0.25, 0.3) is 0 Å². The van der Waals surface area contributed by atoms with Crippen molar-refractivity contribution in [3.05, 3.63) is 58.9 Å². The quantitative estimate of drug-likeness (QED) is 0.195. The van der Waals surface area contributed by atoms with Gasteiger partial charge in [0.25, 0.3) is 5.91 Å².